The van der Waals surface area contributed by atoms with Crippen molar-refractivity contribution in [3.63, 3.8) is 0 Å². The summed E-state index contributed by atoms with van der Waals surface area (Å²) in [7, 11) is 0. The number of aldehydes is 1. The van der Waals surface area contributed by atoms with Crippen LogP contribution in [0.2, 0.25) is 5.02 Å². The summed E-state index contributed by atoms with van der Waals surface area (Å²) >= 11 is 5.97. The number of nitrogens with zero attached hydrogens (tertiary/aromatic N) is 1. The lowest BCUT2D eigenvalue weighted by atomic mass is 9.88. The highest BCUT2D eigenvalue weighted by Gasteiger charge is 2.16. The summed E-state index contributed by atoms with van der Waals surface area (Å²) in [5.74, 6) is 0.360. The van der Waals surface area contributed by atoms with E-state index in [-0.39, 0.29) is 5.92 Å². The summed E-state index contributed by atoms with van der Waals surface area (Å²) in [4.78, 5) is 16.2. The standard InChI is InChI=1S/C21H20ClNO/c1-14(2)10-17(13-24)19-4-3-5-21-20(19)11-16(12-23-21)15-6-8-18(22)9-7-15/h3-9,11-14,17H,10H2,1-2H3. The molecular formula is C21H20ClNO. The average Bonchev–Trinajstić information content (AvgIpc) is 2.59. The number of hydrogen-bond donors (Lipinski definition) is 0. The maximum atomic E-state index is 11.6. The molecule has 1 aromatic heterocycles. The number of aromatic nitrogens is 1. The van der Waals surface area contributed by atoms with Gasteiger partial charge in [0.15, 0.2) is 0 Å². The molecule has 2 aromatic carbocycles. The molecule has 0 amide bonds. The molecule has 0 saturated heterocycles. The molecule has 3 rings (SSSR count). The molecule has 3 heteroatoms. The lowest BCUT2D eigenvalue weighted by Crippen LogP contribution is -2.05. The van der Waals surface area contributed by atoms with Crippen molar-refractivity contribution in [1.29, 1.82) is 0 Å². The van der Waals surface area contributed by atoms with Crippen molar-refractivity contribution in [1.82, 2.24) is 4.98 Å². The van der Waals surface area contributed by atoms with E-state index in [9.17, 15) is 4.79 Å². The largest absolute Gasteiger partial charge is 0.303 e. The second-order valence-corrected chi connectivity index (χ2v) is 6.95. The van der Waals surface area contributed by atoms with E-state index < -0.39 is 0 Å². The number of fused-ring (bicyclic) bond motifs is 1. The molecule has 0 bridgehead atoms. The third-order valence-corrected chi connectivity index (χ3v) is 4.48. The van der Waals surface area contributed by atoms with Crippen LogP contribution >= 0.6 is 11.6 Å². The molecule has 0 N–H and O–H groups in total. The van der Waals surface area contributed by atoms with E-state index in [1.54, 1.807) is 0 Å². The summed E-state index contributed by atoms with van der Waals surface area (Å²) in [6.07, 6.45) is 3.77. The lowest BCUT2D eigenvalue weighted by Gasteiger charge is -2.16. The van der Waals surface area contributed by atoms with Crippen LogP contribution in [-0.2, 0) is 4.79 Å². The number of hydrogen-bond acceptors (Lipinski definition) is 2. The van der Waals surface area contributed by atoms with Crippen molar-refractivity contribution in [2.75, 3.05) is 0 Å². The van der Waals surface area contributed by atoms with Gasteiger partial charge in [-0.2, -0.15) is 0 Å². The first-order valence-electron chi connectivity index (χ1n) is 8.18. The molecule has 0 radical (unpaired) electrons. The summed E-state index contributed by atoms with van der Waals surface area (Å²) in [6.45, 7) is 4.28. The first-order chi connectivity index (χ1) is 11.6. The lowest BCUT2D eigenvalue weighted by molar-refractivity contribution is -0.109. The van der Waals surface area contributed by atoms with Gasteiger partial charge in [0.2, 0.25) is 0 Å². The molecular weight excluding hydrogens is 318 g/mol. The van der Waals surface area contributed by atoms with Gasteiger partial charge >= 0.3 is 0 Å². The smallest absolute Gasteiger partial charge is 0.127 e. The first-order valence-corrected chi connectivity index (χ1v) is 8.56. The number of pyridine rings is 1. The minimum Gasteiger partial charge on any atom is -0.303 e. The molecule has 1 heterocycles. The summed E-state index contributed by atoms with van der Waals surface area (Å²) in [5.41, 5.74) is 4.07. The van der Waals surface area contributed by atoms with Gasteiger partial charge in [0.1, 0.15) is 6.29 Å². The molecule has 24 heavy (non-hydrogen) atoms. The molecule has 0 saturated carbocycles. The number of benzene rings is 2. The molecule has 3 aromatic rings. The Hall–Kier alpha value is -2.19. The van der Waals surface area contributed by atoms with Crippen LogP contribution in [0.5, 0.6) is 0 Å². The average molecular weight is 338 g/mol. The van der Waals surface area contributed by atoms with E-state index in [0.717, 1.165) is 40.3 Å². The SMILES string of the molecule is CC(C)CC(C=O)c1cccc2ncc(-c3ccc(Cl)cc3)cc12. The maximum absolute atomic E-state index is 11.6. The zero-order chi connectivity index (χ0) is 17.1. The summed E-state index contributed by atoms with van der Waals surface area (Å²) < 4.78 is 0. The van der Waals surface area contributed by atoms with Crippen molar-refractivity contribution in [3.05, 3.63) is 65.3 Å². The molecule has 0 fully saturated rings. The quantitative estimate of drug-likeness (QED) is 0.544. The maximum Gasteiger partial charge on any atom is 0.127 e. The summed E-state index contributed by atoms with van der Waals surface area (Å²) in [6, 6.07) is 15.8. The van der Waals surface area contributed by atoms with Gasteiger partial charge in [0.25, 0.3) is 0 Å². The monoisotopic (exact) mass is 337 g/mol. The predicted molar refractivity (Wildman–Crippen MR) is 100 cm³/mol. The number of halogens is 1. The molecule has 0 aliphatic rings. The van der Waals surface area contributed by atoms with Crippen LogP contribution < -0.4 is 0 Å². The van der Waals surface area contributed by atoms with Crippen molar-refractivity contribution in [2.24, 2.45) is 5.92 Å². The Morgan fingerprint density at radius 3 is 2.50 bits per heavy atom. The topological polar surface area (TPSA) is 30.0 Å². The zero-order valence-electron chi connectivity index (χ0n) is 13.9. The van der Waals surface area contributed by atoms with E-state index in [0.29, 0.717) is 10.9 Å². The van der Waals surface area contributed by atoms with Crippen LogP contribution in [0, 0.1) is 5.92 Å². The van der Waals surface area contributed by atoms with E-state index in [2.05, 4.69) is 24.9 Å². The van der Waals surface area contributed by atoms with Gasteiger partial charge in [0, 0.05) is 28.1 Å². The van der Waals surface area contributed by atoms with Crippen molar-refractivity contribution in [3.8, 4) is 11.1 Å². The number of rotatable bonds is 5. The van der Waals surface area contributed by atoms with E-state index in [1.807, 2.05) is 48.7 Å². The number of carbonyl (C=O) groups excluding carboxylic acids is 1. The molecule has 1 atom stereocenters. The fourth-order valence-corrected chi connectivity index (χ4v) is 3.19. The third-order valence-electron chi connectivity index (χ3n) is 4.23. The second kappa shape index (κ2) is 7.14. The third kappa shape index (κ3) is 3.49. The van der Waals surface area contributed by atoms with Crippen molar-refractivity contribution >= 4 is 28.8 Å². The first kappa shape index (κ1) is 16.7. The Kier molecular flexibility index (Phi) is 4.96. The molecule has 1 unspecified atom stereocenters. The molecule has 0 aliphatic carbocycles. The van der Waals surface area contributed by atoms with Gasteiger partial charge in [-0.15, -0.1) is 0 Å². The Morgan fingerprint density at radius 1 is 1.08 bits per heavy atom. The summed E-state index contributed by atoms with van der Waals surface area (Å²) in [5, 5.41) is 1.76. The van der Waals surface area contributed by atoms with Crippen molar-refractivity contribution < 1.29 is 4.79 Å². The Bertz CT molecular complexity index is 855. The normalized spacial score (nSPS) is 12.5. The van der Waals surface area contributed by atoms with Gasteiger partial charge in [-0.05, 0) is 47.7 Å². The minimum atomic E-state index is -0.101. The molecule has 122 valence electrons. The molecule has 0 spiro atoms. The van der Waals surface area contributed by atoms with E-state index >= 15 is 0 Å². The Morgan fingerprint density at radius 2 is 1.83 bits per heavy atom. The van der Waals surface area contributed by atoms with E-state index in [4.69, 9.17) is 11.6 Å². The number of carbonyl (C=O) groups is 1. The highest BCUT2D eigenvalue weighted by molar-refractivity contribution is 6.30. The molecule has 0 aliphatic heterocycles. The van der Waals surface area contributed by atoms with Gasteiger partial charge in [-0.1, -0.05) is 49.7 Å². The minimum absolute atomic E-state index is 0.101. The van der Waals surface area contributed by atoms with Gasteiger partial charge in [-0.3, -0.25) is 4.98 Å². The van der Waals surface area contributed by atoms with Crippen LogP contribution in [0.4, 0.5) is 0 Å². The highest BCUT2D eigenvalue weighted by atomic mass is 35.5. The van der Waals surface area contributed by atoms with Crippen molar-refractivity contribution in [2.45, 2.75) is 26.2 Å². The Balaban J connectivity index is 2.12. The molecule has 2 nitrogen and oxygen atoms in total. The predicted octanol–water partition coefficient (Wildman–Crippen LogP) is 5.88. The van der Waals surface area contributed by atoms with E-state index in [1.165, 1.54) is 0 Å². The van der Waals surface area contributed by atoms with Gasteiger partial charge < -0.3 is 4.79 Å². The fraction of sp³-hybridized carbons (Fsp3) is 0.238. The fourth-order valence-electron chi connectivity index (χ4n) is 3.06. The Labute approximate surface area is 147 Å². The van der Waals surface area contributed by atoms with Crippen LogP contribution in [0.25, 0.3) is 22.0 Å². The van der Waals surface area contributed by atoms with Gasteiger partial charge in [0.05, 0.1) is 5.52 Å². The van der Waals surface area contributed by atoms with Gasteiger partial charge in [-0.25, -0.2) is 0 Å². The van der Waals surface area contributed by atoms with Crippen LogP contribution in [0.3, 0.4) is 0 Å². The second-order valence-electron chi connectivity index (χ2n) is 6.52. The van der Waals surface area contributed by atoms with Crippen LogP contribution in [0.1, 0.15) is 31.7 Å². The zero-order valence-corrected chi connectivity index (χ0v) is 14.6. The highest BCUT2D eigenvalue weighted by Crippen LogP contribution is 2.31. The van der Waals surface area contributed by atoms with Crippen LogP contribution in [0.15, 0.2) is 54.7 Å². The van der Waals surface area contributed by atoms with Crippen LogP contribution in [-0.4, -0.2) is 11.3 Å².